The number of aromatic nitrogens is 2. The predicted molar refractivity (Wildman–Crippen MR) is 50.9 cm³/mol. The Balaban J connectivity index is 2.46. The lowest BCUT2D eigenvalue weighted by Gasteiger charge is -2.12. The van der Waals surface area contributed by atoms with Crippen molar-refractivity contribution in [1.82, 2.24) is 15.1 Å². The van der Waals surface area contributed by atoms with E-state index in [2.05, 4.69) is 10.4 Å². The van der Waals surface area contributed by atoms with Crippen molar-refractivity contribution in [2.24, 2.45) is 0 Å². The van der Waals surface area contributed by atoms with E-state index in [0.29, 0.717) is 0 Å². The molecule has 1 aliphatic heterocycles. The van der Waals surface area contributed by atoms with Crippen molar-refractivity contribution in [3.63, 3.8) is 0 Å². The van der Waals surface area contributed by atoms with Crippen molar-refractivity contribution >= 4 is 17.6 Å². The second kappa shape index (κ2) is 3.67. The largest absolute Gasteiger partial charge is 0.476 e. The Morgan fingerprint density at radius 3 is 2.94 bits per heavy atom. The van der Waals surface area contributed by atoms with Crippen molar-refractivity contribution in [2.45, 2.75) is 19.0 Å². The van der Waals surface area contributed by atoms with Gasteiger partial charge < -0.3 is 10.4 Å². The van der Waals surface area contributed by atoms with Crippen LogP contribution >= 0.6 is 11.6 Å². The molecule has 2 rings (SSSR count). The Hall–Kier alpha value is -1.21. The smallest absolute Gasteiger partial charge is 0.357 e. The van der Waals surface area contributed by atoms with Crippen molar-refractivity contribution < 1.29 is 18.7 Å². The lowest BCUT2D eigenvalue weighted by atomic mass is 10.3. The number of nitrogens with zero attached hydrogens (tertiary/aromatic N) is 2. The van der Waals surface area contributed by atoms with Crippen LogP contribution in [0.25, 0.3) is 0 Å². The molecular formula is C8H8ClF2N3O2. The molecule has 8 heteroatoms. The normalized spacial score (nSPS) is 18.9. The van der Waals surface area contributed by atoms with Gasteiger partial charge in [-0.05, 0) is 0 Å². The lowest BCUT2D eigenvalue weighted by molar-refractivity contribution is -0.0137. The highest BCUT2D eigenvalue weighted by Crippen LogP contribution is 2.26. The summed E-state index contributed by atoms with van der Waals surface area (Å²) >= 11 is 5.75. The minimum Gasteiger partial charge on any atom is -0.476 e. The molecule has 0 bridgehead atoms. The first-order valence-electron chi connectivity index (χ1n) is 4.48. The highest BCUT2D eigenvalue weighted by Gasteiger charge is 2.35. The van der Waals surface area contributed by atoms with Crippen LogP contribution in [0.3, 0.4) is 0 Å². The third-order valence-corrected chi connectivity index (χ3v) is 2.65. The van der Waals surface area contributed by atoms with Crippen LogP contribution in [0, 0.1) is 0 Å². The molecule has 1 aromatic heterocycles. The third-order valence-electron chi connectivity index (χ3n) is 2.25. The second-order valence-corrected chi connectivity index (χ2v) is 3.91. The highest BCUT2D eigenvalue weighted by molar-refractivity contribution is 6.33. The molecule has 0 aliphatic carbocycles. The van der Waals surface area contributed by atoms with Crippen LogP contribution < -0.4 is 5.32 Å². The zero-order valence-corrected chi connectivity index (χ0v) is 8.76. The maximum absolute atomic E-state index is 13.2. The number of fused-ring (bicyclic) bond motifs is 1. The van der Waals surface area contributed by atoms with Crippen molar-refractivity contribution in [1.29, 1.82) is 0 Å². The van der Waals surface area contributed by atoms with E-state index >= 15 is 0 Å². The Bertz CT molecular complexity index is 447. The van der Waals surface area contributed by atoms with Gasteiger partial charge in [0.15, 0.2) is 5.69 Å². The third kappa shape index (κ3) is 1.88. The number of carboxylic acid groups (broad SMARTS) is 1. The van der Waals surface area contributed by atoms with Crippen molar-refractivity contribution in [2.75, 3.05) is 6.54 Å². The number of halogens is 3. The lowest BCUT2D eigenvalue weighted by Crippen LogP contribution is -2.33. The molecule has 88 valence electrons. The molecule has 0 fully saturated rings. The molecule has 2 N–H and O–H groups in total. The molecule has 1 aliphatic rings. The molecule has 0 saturated carbocycles. The number of carbonyl (C=O) groups is 1. The van der Waals surface area contributed by atoms with Gasteiger partial charge >= 0.3 is 5.97 Å². The average Bonchev–Trinajstić information content (AvgIpc) is 2.38. The fourth-order valence-electron chi connectivity index (χ4n) is 1.55. The molecule has 0 atom stereocenters. The Labute approximate surface area is 94.0 Å². The van der Waals surface area contributed by atoms with Gasteiger partial charge in [0.2, 0.25) is 0 Å². The Morgan fingerprint density at radius 2 is 2.31 bits per heavy atom. The summed E-state index contributed by atoms with van der Waals surface area (Å²) in [5, 5.41) is 14.7. The summed E-state index contributed by atoms with van der Waals surface area (Å²) in [6, 6.07) is 0. The van der Waals surface area contributed by atoms with Crippen LogP contribution in [0.4, 0.5) is 8.78 Å². The zero-order valence-electron chi connectivity index (χ0n) is 8.01. The van der Waals surface area contributed by atoms with Crippen LogP contribution in [-0.4, -0.2) is 33.3 Å². The van der Waals surface area contributed by atoms with E-state index in [1.807, 2.05) is 0 Å². The van der Waals surface area contributed by atoms with Crippen LogP contribution in [0.1, 0.15) is 16.2 Å². The summed E-state index contributed by atoms with van der Waals surface area (Å²) in [4.78, 5) is 10.7. The van der Waals surface area contributed by atoms with Crippen LogP contribution in [0.5, 0.6) is 0 Å². The van der Waals surface area contributed by atoms with Gasteiger partial charge in [0, 0.05) is 6.54 Å². The van der Waals surface area contributed by atoms with Gasteiger partial charge in [0.1, 0.15) is 6.54 Å². The molecule has 2 heterocycles. The topological polar surface area (TPSA) is 67.1 Å². The fourth-order valence-corrected chi connectivity index (χ4v) is 1.83. The van der Waals surface area contributed by atoms with E-state index in [1.54, 1.807) is 0 Å². The van der Waals surface area contributed by atoms with E-state index in [0.717, 1.165) is 4.68 Å². The van der Waals surface area contributed by atoms with Crippen LogP contribution in [0.2, 0.25) is 5.02 Å². The van der Waals surface area contributed by atoms with Crippen LogP contribution in [0.15, 0.2) is 0 Å². The average molecular weight is 252 g/mol. The Kier molecular flexibility index (Phi) is 2.59. The molecule has 5 nitrogen and oxygen atoms in total. The first-order chi connectivity index (χ1) is 7.41. The molecule has 16 heavy (non-hydrogen) atoms. The molecule has 0 radical (unpaired) electrons. The van der Waals surface area contributed by atoms with Crippen molar-refractivity contribution in [3.8, 4) is 0 Å². The number of nitrogens with one attached hydrogen (secondary N) is 1. The number of aromatic carboxylic acids is 1. The Morgan fingerprint density at radius 1 is 1.62 bits per heavy atom. The van der Waals surface area contributed by atoms with Gasteiger partial charge in [0.25, 0.3) is 5.92 Å². The van der Waals surface area contributed by atoms with E-state index in [9.17, 15) is 13.6 Å². The first kappa shape index (κ1) is 11.3. The first-order valence-corrected chi connectivity index (χ1v) is 4.85. The maximum atomic E-state index is 13.2. The van der Waals surface area contributed by atoms with Gasteiger partial charge in [-0.2, -0.15) is 5.10 Å². The van der Waals surface area contributed by atoms with Gasteiger partial charge in [0.05, 0.1) is 17.3 Å². The van der Waals surface area contributed by atoms with Gasteiger partial charge in [-0.1, -0.05) is 11.6 Å². The summed E-state index contributed by atoms with van der Waals surface area (Å²) in [5.74, 6) is -4.29. The summed E-state index contributed by atoms with van der Waals surface area (Å²) in [6.07, 6.45) is 0. The summed E-state index contributed by atoms with van der Waals surface area (Å²) < 4.78 is 27.3. The van der Waals surface area contributed by atoms with Gasteiger partial charge in [-0.25, -0.2) is 13.6 Å². The van der Waals surface area contributed by atoms with Crippen molar-refractivity contribution in [3.05, 3.63) is 16.4 Å². The van der Waals surface area contributed by atoms with Gasteiger partial charge in [-0.3, -0.25) is 4.68 Å². The zero-order chi connectivity index (χ0) is 11.9. The molecule has 0 unspecified atom stereocenters. The summed E-state index contributed by atoms with van der Waals surface area (Å²) in [7, 11) is 0. The monoisotopic (exact) mass is 251 g/mol. The van der Waals surface area contributed by atoms with E-state index in [4.69, 9.17) is 16.7 Å². The molecule has 1 aromatic rings. The molecule has 0 spiro atoms. The second-order valence-electron chi connectivity index (χ2n) is 3.53. The standard InChI is InChI=1S/C8H8ClF2N3O2/c9-5-4-1-12-2-8(10,11)3-14(4)13-6(5)7(15)16/h12H,1-3H2,(H,15,16). The summed E-state index contributed by atoms with van der Waals surface area (Å²) in [5.41, 5.74) is -0.118. The minimum absolute atomic E-state index is 0.0781. The van der Waals surface area contributed by atoms with E-state index in [1.165, 1.54) is 0 Å². The predicted octanol–water partition coefficient (Wildman–Crippen LogP) is 0.973. The van der Waals surface area contributed by atoms with Crippen LogP contribution in [-0.2, 0) is 13.1 Å². The number of hydrogen-bond acceptors (Lipinski definition) is 3. The maximum Gasteiger partial charge on any atom is 0.357 e. The number of alkyl halides is 2. The molecule has 0 saturated heterocycles. The SMILES string of the molecule is O=C(O)c1nn2c(c1Cl)CNCC(F)(F)C2. The molecular weight excluding hydrogens is 244 g/mol. The van der Waals surface area contributed by atoms with E-state index in [-0.39, 0.29) is 17.3 Å². The fraction of sp³-hybridized carbons (Fsp3) is 0.500. The highest BCUT2D eigenvalue weighted by atomic mass is 35.5. The van der Waals surface area contributed by atoms with E-state index < -0.39 is 30.7 Å². The minimum atomic E-state index is -2.96. The van der Waals surface area contributed by atoms with Gasteiger partial charge in [-0.15, -0.1) is 0 Å². The molecule has 0 amide bonds. The quantitative estimate of drug-likeness (QED) is 0.781. The number of rotatable bonds is 1. The summed E-state index contributed by atoms with van der Waals surface area (Å²) in [6.45, 7) is -1.06. The number of carboxylic acids is 1. The molecule has 0 aromatic carbocycles. The number of hydrogen-bond donors (Lipinski definition) is 2.